The van der Waals surface area contributed by atoms with E-state index in [1.165, 1.54) is 0 Å². The molecule has 0 aliphatic carbocycles. The van der Waals surface area contributed by atoms with Gasteiger partial charge in [-0.2, -0.15) is 13.2 Å². The van der Waals surface area contributed by atoms with Crippen LogP contribution < -0.4 is 21.6 Å². The van der Waals surface area contributed by atoms with Crippen molar-refractivity contribution >= 4 is 29.5 Å². The molecule has 2 N–H and O–H groups in total. The Morgan fingerprint density at radius 1 is 0.760 bits per heavy atom. The Balaban J connectivity index is 2.27. The fraction of sp³-hybridized carbons (Fsp3) is 0.0526. The van der Waals surface area contributed by atoms with Gasteiger partial charge in [0.1, 0.15) is 5.82 Å². The summed E-state index contributed by atoms with van der Waals surface area (Å²) >= 11 is 0. The van der Waals surface area contributed by atoms with Crippen molar-refractivity contribution in [1.82, 2.24) is 0 Å². The third-order valence-electron chi connectivity index (χ3n) is 3.70. The summed E-state index contributed by atoms with van der Waals surface area (Å²) in [5.74, 6) is -0.948. The molecule has 0 heterocycles. The minimum Gasteiger partial charge on any atom is -0.398 e. The lowest BCUT2D eigenvalue weighted by molar-refractivity contribution is -0.137. The minimum atomic E-state index is -4.71. The van der Waals surface area contributed by atoms with E-state index in [-0.39, 0.29) is 5.30 Å². The molecule has 0 fully saturated rings. The van der Waals surface area contributed by atoms with Gasteiger partial charge in [0.2, 0.25) is 0 Å². The molecule has 0 aromatic heterocycles. The Morgan fingerprint density at radius 2 is 1.24 bits per heavy atom. The molecule has 0 spiro atoms. The molecule has 0 amide bonds. The third-order valence-corrected chi connectivity index (χ3v) is 6.18. The second kappa shape index (κ2) is 6.85. The molecule has 0 aliphatic heterocycles. The fourth-order valence-corrected chi connectivity index (χ4v) is 5.01. The first-order valence-electron chi connectivity index (χ1n) is 7.44. The molecule has 0 radical (unpaired) electrons. The number of hydrogen-bond acceptors (Lipinski definition) is 1. The quantitative estimate of drug-likeness (QED) is 0.422. The van der Waals surface area contributed by atoms with Crippen LogP contribution in [-0.2, 0) is 6.18 Å². The molecule has 128 valence electrons. The molecule has 0 saturated carbocycles. The first-order valence-corrected chi connectivity index (χ1v) is 8.78. The van der Waals surface area contributed by atoms with E-state index in [1.807, 2.05) is 36.4 Å². The lowest BCUT2D eigenvalue weighted by atomic mass is 10.1. The fourth-order valence-electron chi connectivity index (χ4n) is 2.60. The average molecular weight is 363 g/mol. The number of halogens is 4. The molecule has 25 heavy (non-hydrogen) atoms. The normalized spacial score (nSPS) is 11.7. The van der Waals surface area contributed by atoms with Crippen molar-refractivity contribution in [2.24, 2.45) is 0 Å². The third kappa shape index (κ3) is 3.67. The largest absolute Gasteiger partial charge is 0.418 e. The van der Waals surface area contributed by atoms with Crippen molar-refractivity contribution in [2.75, 3.05) is 5.73 Å². The lowest BCUT2D eigenvalue weighted by Gasteiger charge is -2.23. The van der Waals surface area contributed by atoms with E-state index in [0.29, 0.717) is 6.07 Å². The van der Waals surface area contributed by atoms with Crippen molar-refractivity contribution in [3.63, 3.8) is 0 Å². The van der Waals surface area contributed by atoms with Crippen LogP contribution in [0.25, 0.3) is 0 Å². The predicted molar refractivity (Wildman–Crippen MR) is 94.5 cm³/mol. The zero-order chi connectivity index (χ0) is 18.0. The van der Waals surface area contributed by atoms with E-state index in [2.05, 4.69) is 0 Å². The van der Waals surface area contributed by atoms with E-state index >= 15 is 0 Å². The van der Waals surface area contributed by atoms with Crippen molar-refractivity contribution < 1.29 is 17.6 Å². The monoisotopic (exact) mass is 363 g/mol. The second-order valence-corrected chi connectivity index (χ2v) is 7.58. The Bertz CT molecular complexity index is 824. The Kier molecular flexibility index (Phi) is 4.78. The summed E-state index contributed by atoms with van der Waals surface area (Å²) in [6, 6.07) is 19.6. The Labute approximate surface area is 143 Å². The number of anilines is 1. The molecule has 0 aliphatic rings. The van der Waals surface area contributed by atoms with Gasteiger partial charge in [0, 0.05) is 5.30 Å². The van der Waals surface area contributed by atoms with Gasteiger partial charge in [-0.15, -0.1) is 0 Å². The van der Waals surface area contributed by atoms with Gasteiger partial charge < -0.3 is 5.73 Å². The maximum atomic E-state index is 14.0. The second-order valence-electron chi connectivity index (χ2n) is 5.39. The van der Waals surface area contributed by atoms with Crippen LogP contribution in [0.3, 0.4) is 0 Å². The molecule has 3 aromatic carbocycles. The lowest BCUT2D eigenvalue weighted by Crippen LogP contribution is -2.26. The van der Waals surface area contributed by atoms with Gasteiger partial charge in [-0.25, -0.2) is 4.39 Å². The number of hydrogen-bond donors (Lipinski definition) is 1. The predicted octanol–water partition coefficient (Wildman–Crippen LogP) is 4.18. The summed E-state index contributed by atoms with van der Waals surface area (Å²) in [7, 11) is -1.41. The zero-order valence-corrected chi connectivity index (χ0v) is 13.9. The summed E-state index contributed by atoms with van der Waals surface area (Å²) in [6.07, 6.45) is -4.71. The molecule has 0 saturated heterocycles. The van der Waals surface area contributed by atoms with Crippen molar-refractivity contribution in [3.05, 3.63) is 84.2 Å². The number of alkyl halides is 3. The molecule has 3 aromatic rings. The molecule has 1 nitrogen and oxygen atoms in total. The van der Waals surface area contributed by atoms with E-state index in [1.54, 1.807) is 24.3 Å². The summed E-state index contributed by atoms with van der Waals surface area (Å²) in [6.45, 7) is 0. The van der Waals surface area contributed by atoms with Crippen LogP contribution in [0.4, 0.5) is 23.2 Å². The van der Waals surface area contributed by atoms with E-state index < -0.39 is 31.2 Å². The van der Waals surface area contributed by atoms with Gasteiger partial charge in [-0.05, 0) is 30.7 Å². The minimum absolute atomic E-state index is 0.166. The molecule has 0 atom stereocenters. The molecule has 0 unspecified atom stereocenters. The molecule has 0 bridgehead atoms. The first-order chi connectivity index (χ1) is 11.9. The smallest absolute Gasteiger partial charge is 0.398 e. The number of nitrogen functional groups attached to an aromatic ring is 1. The van der Waals surface area contributed by atoms with E-state index in [0.717, 1.165) is 16.7 Å². The van der Waals surface area contributed by atoms with Gasteiger partial charge in [0.05, 0.1) is 11.3 Å². The van der Waals surface area contributed by atoms with Crippen LogP contribution in [0.2, 0.25) is 0 Å². The van der Waals surface area contributed by atoms with Crippen LogP contribution in [-0.4, -0.2) is 0 Å². The van der Waals surface area contributed by atoms with Gasteiger partial charge in [-0.1, -0.05) is 60.7 Å². The standard InChI is InChI=1S/C19H14F4NP/c20-13-11-16(19(21,22)23)18(24)17(12-13)25(14-7-3-1-4-8-14)15-9-5-2-6-10-15/h1-12H,24H2. The van der Waals surface area contributed by atoms with Crippen molar-refractivity contribution in [3.8, 4) is 0 Å². The topological polar surface area (TPSA) is 26.0 Å². The zero-order valence-electron chi connectivity index (χ0n) is 13.0. The van der Waals surface area contributed by atoms with Crippen molar-refractivity contribution in [2.45, 2.75) is 6.18 Å². The van der Waals surface area contributed by atoms with E-state index in [9.17, 15) is 17.6 Å². The van der Waals surface area contributed by atoms with Crippen LogP contribution in [0.5, 0.6) is 0 Å². The highest BCUT2D eigenvalue weighted by atomic mass is 31.1. The molecule has 6 heteroatoms. The van der Waals surface area contributed by atoms with Gasteiger partial charge in [0.15, 0.2) is 0 Å². The highest BCUT2D eigenvalue weighted by Gasteiger charge is 2.36. The highest BCUT2D eigenvalue weighted by molar-refractivity contribution is 7.80. The maximum absolute atomic E-state index is 14.0. The molecular formula is C19H14F4NP. The molecule has 3 rings (SSSR count). The number of nitrogens with two attached hydrogens (primary N) is 1. The summed E-state index contributed by atoms with van der Waals surface area (Å²) in [4.78, 5) is 0. The summed E-state index contributed by atoms with van der Waals surface area (Å²) in [5.41, 5.74) is 4.28. The van der Waals surface area contributed by atoms with Crippen LogP contribution in [0, 0.1) is 5.82 Å². The number of rotatable bonds is 3. The SMILES string of the molecule is Nc1c(P(c2ccccc2)c2ccccc2)cc(F)cc1C(F)(F)F. The maximum Gasteiger partial charge on any atom is 0.418 e. The van der Waals surface area contributed by atoms with Crippen molar-refractivity contribution in [1.29, 1.82) is 0 Å². The Morgan fingerprint density at radius 3 is 1.68 bits per heavy atom. The first kappa shape index (κ1) is 17.4. The average Bonchev–Trinajstić information content (AvgIpc) is 2.59. The van der Waals surface area contributed by atoms with Gasteiger partial charge in [0.25, 0.3) is 0 Å². The van der Waals surface area contributed by atoms with Crippen LogP contribution in [0.1, 0.15) is 5.56 Å². The number of benzene rings is 3. The van der Waals surface area contributed by atoms with Crippen LogP contribution in [0.15, 0.2) is 72.8 Å². The van der Waals surface area contributed by atoms with Crippen LogP contribution >= 0.6 is 7.92 Å². The Hall–Kier alpha value is -2.39. The van der Waals surface area contributed by atoms with E-state index in [4.69, 9.17) is 5.73 Å². The highest BCUT2D eigenvalue weighted by Crippen LogP contribution is 2.40. The molecular weight excluding hydrogens is 349 g/mol. The summed E-state index contributed by atoms with van der Waals surface area (Å²) < 4.78 is 53.7. The van der Waals surface area contributed by atoms with Gasteiger partial charge >= 0.3 is 6.18 Å². The summed E-state index contributed by atoms with van der Waals surface area (Å²) in [5, 5.41) is 1.77. The van der Waals surface area contributed by atoms with Gasteiger partial charge in [-0.3, -0.25) is 0 Å².